The Morgan fingerprint density at radius 1 is 1.03 bits per heavy atom. The van der Waals surface area contributed by atoms with E-state index in [4.69, 9.17) is 11.6 Å². The van der Waals surface area contributed by atoms with Crippen molar-refractivity contribution >= 4 is 28.3 Å². The van der Waals surface area contributed by atoms with Crippen molar-refractivity contribution in [3.05, 3.63) is 94.3 Å². The first kappa shape index (κ1) is 19.1. The molecule has 1 unspecified atom stereocenters. The number of anilines is 1. The van der Waals surface area contributed by atoms with Gasteiger partial charge >= 0.3 is 0 Å². The van der Waals surface area contributed by atoms with Crippen LogP contribution in [0.15, 0.2) is 60.9 Å². The zero-order valence-corrected chi connectivity index (χ0v) is 16.1. The molecule has 0 saturated carbocycles. The number of hydrogen-bond donors (Lipinski definition) is 2. The monoisotopic (exact) mass is 411 g/mol. The topological polar surface area (TPSA) is 58.0 Å². The number of phenolic OH excluding ortho intramolecular Hbond substituents is 1. The summed E-state index contributed by atoms with van der Waals surface area (Å²) in [4.78, 5) is 8.26. The molecule has 2 aromatic heterocycles. The van der Waals surface area contributed by atoms with Crippen LogP contribution in [0.2, 0.25) is 5.02 Å². The van der Waals surface area contributed by atoms with Crippen molar-refractivity contribution in [2.24, 2.45) is 0 Å². The van der Waals surface area contributed by atoms with Gasteiger partial charge in [0.05, 0.1) is 12.2 Å². The summed E-state index contributed by atoms with van der Waals surface area (Å²) in [5.74, 6) is -0.782. The number of fused-ring (bicyclic) bond motifs is 1. The molecule has 1 atom stereocenters. The third kappa shape index (κ3) is 3.59. The van der Waals surface area contributed by atoms with Crippen molar-refractivity contribution in [1.29, 1.82) is 0 Å². The Bertz CT molecular complexity index is 1200. The predicted molar refractivity (Wildman–Crippen MR) is 109 cm³/mol. The Hall–Kier alpha value is -3.25. The van der Waals surface area contributed by atoms with Crippen LogP contribution in [0.25, 0.3) is 10.9 Å². The van der Waals surface area contributed by atoms with E-state index in [-0.39, 0.29) is 16.3 Å². The molecule has 0 aliphatic rings. The Morgan fingerprint density at radius 2 is 1.86 bits per heavy atom. The van der Waals surface area contributed by atoms with E-state index in [2.05, 4.69) is 15.3 Å². The van der Waals surface area contributed by atoms with E-state index in [9.17, 15) is 13.9 Å². The van der Waals surface area contributed by atoms with Crippen LogP contribution in [0.3, 0.4) is 0 Å². The molecule has 0 aliphatic carbocycles. The van der Waals surface area contributed by atoms with Crippen molar-refractivity contribution < 1.29 is 13.9 Å². The number of phenols is 1. The van der Waals surface area contributed by atoms with E-state index in [0.29, 0.717) is 22.5 Å². The van der Waals surface area contributed by atoms with Gasteiger partial charge in [-0.05, 0) is 36.8 Å². The van der Waals surface area contributed by atoms with Crippen LogP contribution >= 0.6 is 11.6 Å². The highest BCUT2D eigenvalue weighted by Crippen LogP contribution is 2.39. The van der Waals surface area contributed by atoms with Crippen LogP contribution in [-0.4, -0.2) is 15.1 Å². The summed E-state index contributed by atoms with van der Waals surface area (Å²) in [5.41, 5.74) is 1.27. The Balaban J connectivity index is 1.91. The Kier molecular flexibility index (Phi) is 5.03. The second-order valence-electron chi connectivity index (χ2n) is 6.61. The van der Waals surface area contributed by atoms with Crippen LogP contribution in [0.5, 0.6) is 5.75 Å². The van der Waals surface area contributed by atoms with Gasteiger partial charge in [0.1, 0.15) is 28.7 Å². The van der Waals surface area contributed by atoms with E-state index < -0.39 is 17.7 Å². The molecule has 0 saturated heterocycles. The summed E-state index contributed by atoms with van der Waals surface area (Å²) in [7, 11) is 0. The predicted octanol–water partition coefficient (Wildman–Crippen LogP) is 5.78. The summed E-state index contributed by atoms with van der Waals surface area (Å²) in [5, 5.41) is 14.9. The first-order valence-corrected chi connectivity index (χ1v) is 9.22. The minimum Gasteiger partial charge on any atom is -0.505 e. The minimum absolute atomic E-state index is 0.0984. The van der Waals surface area contributed by atoms with Crippen LogP contribution in [0, 0.1) is 18.6 Å². The average molecular weight is 412 g/mol. The highest BCUT2D eigenvalue weighted by molar-refractivity contribution is 6.31. The number of aryl methyl sites for hydroxylation is 1. The summed E-state index contributed by atoms with van der Waals surface area (Å²) in [6.45, 7) is 1.60. The van der Waals surface area contributed by atoms with Gasteiger partial charge in [0.25, 0.3) is 0 Å². The molecular weight excluding hydrogens is 396 g/mol. The molecule has 7 heteroatoms. The van der Waals surface area contributed by atoms with Crippen molar-refractivity contribution in [2.75, 3.05) is 5.32 Å². The molecule has 4 nitrogen and oxygen atoms in total. The van der Waals surface area contributed by atoms with Gasteiger partial charge in [0, 0.05) is 27.7 Å². The second kappa shape index (κ2) is 7.64. The fourth-order valence-corrected chi connectivity index (χ4v) is 3.51. The van der Waals surface area contributed by atoms with Crippen molar-refractivity contribution in [3.63, 3.8) is 0 Å². The van der Waals surface area contributed by atoms with Crippen molar-refractivity contribution in [1.82, 2.24) is 9.97 Å². The smallest absolute Gasteiger partial charge is 0.147 e. The second-order valence-corrected chi connectivity index (χ2v) is 7.02. The lowest BCUT2D eigenvalue weighted by atomic mass is 9.95. The van der Waals surface area contributed by atoms with E-state index in [1.54, 1.807) is 37.4 Å². The third-order valence-electron chi connectivity index (χ3n) is 4.72. The maximum absolute atomic E-state index is 14.8. The number of halogens is 3. The van der Waals surface area contributed by atoms with Gasteiger partial charge in [0.15, 0.2) is 0 Å². The minimum atomic E-state index is -0.882. The number of benzene rings is 2. The summed E-state index contributed by atoms with van der Waals surface area (Å²) in [6, 6.07) is 12.0. The van der Waals surface area contributed by atoms with Gasteiger partial charge in [-0.15, -0.1) is 0 Å². The number of rotatable bonds is 4. The normalized spacial score (nSPS) is 12.1. The first-order chi connectivity index (χ1) is 14.0. The first-order valence-electron chi connectivity index (χ1n) is 8.85. The molecule has 0 fully saturated rings. The molecule has 4 rings (SSSR count). The fraction of sp³-hybridized carbons (Fsp3) is 0.0909. The molecule has 2 N–H and O–H groups in total. The zero-order chi connectivity index (χ0) is 20.5. The molecule has 4 aromatic rings. The maximum atomic E-state index is 14.8. The van der Waals surface area contributed by atoms with Crippen LogP contribution in [0.4, 0.5) is 14.6 Å². The molecule has 2 heterocycles. The van der Waals surface area contributed by atoms with Gasteiger partial charge in [-0.25, -0.2) is 13.8 Å². The summed E-state index contributed by atoms with van der Waals surface area (Å²) in [6.07, 6.45) is 2.65. The average Bonchev–Trinajstić information content (AvgIpc) is 2.70. The quantitative estimate of drug-likeness (QED) is 0.447. The summed E-state index contributed by atoms with van der Waals surface area (Å²) < 4.78 is 28.4. The van der Waals surface area contributed by atoms with Gasteiger partial charge in [0.2, 0.25) is 0 Å². The Labute approximate surface area is 170 Å². The van der Waals surface area contributed by atoms with E-state index >= 15 is 0 Å². The molecule has 0 radical (unpaired) electrons. The van der Waals surface area contributed by atoms with Gasteiger partial charge in [-0.1, -0.05) is 35.9 Å². The van der Waals surface area contributed by atoms with Crippen LogP contribution < -0.4 is 5.32 Å². The van der Waals surface area contributed by atoms with Crippen molar-refractivity contribution in [2.45, 2.75) is 13.0 Å². The highest BCUT2D eigenvalue weighted by Gasteiger charge is 2.25. The SMILES string of the molecule is Cc1cc(NC(c2ccc3cccnc3c2O)c2c(F)cccc2Cl)ncc1F. The molecule has 29 heavy (non-hydrogen) atoms. The third-order valence-corrected chi connectivity index (χ3v) is 5.05. The lowest BCUT2D eigenvalue weighted by molar-refractivity contribution is 0.470. The van der Waals surface area contributed by atoms with E-state index in [1.807, 2.05) is 6.07 Å². The fourth-order valence-electron chi connectivity index (χ4n) is 3.24. The lowest BCUT2D eigenvalue weighted by Gasteiger charge is -2.23. The molecular formula is C22H16ClF2N3O. The van der Waals surface area contributed by atoms with Gasteiger partial charge in [-0.3, -0.25) is 4.98 Å². The highest BCUT2D eigenvalue weighted by atomic mass is 35.5. The number of hydrogen-bond acceptors (Lipinski definition) is 4. The van der Waals surface area contributed by atoms with E-state index in [1.165, 1.54) is 18.2 Å². The van der Waals surface area contributed by atoms with Crippen LogP contribution in [-0.2, 0) is 0 Å². The largest absolute Gasteiger partial charge is 0.505 e. The van der Waals surface area contributed by atoms with Gasteiger partial charge < -0.3 is 10.4 Å². The number of nitrogens with zero attached hydrogens (tertiary/aromatic N) is 2. The Morgan fingerprint density at radius 3 is 2.62 bits per heavy atom. The van der Waals surface area contributed by atoms with Crippen LogP contribution in [0.1, 0.15) is 22.7 Å². The number of aromatic hydroxyl groups is 1. The molecule has 146 valence electrons. The molecule has 2 aromatic carbocycles. The van der Waals surface area contributed by atoms with Crippen molar-refractivity contribution in [3.8, 4) is 5.75 Å². The molecule has 0 aliphatic heterocycles. The summed E-state index contributed by atoms with van der Waals surface area (Å²) >= 11 is 6.31. The maximum Gasteiger partial charge on any atom is 0.147 e. The lowest BCUT2D eigenvalue weighted by Crippen LogP contribution is -2.16. The number of nitrogens with one attached hydrogen (secondary N) is 1. The molecule has 0 spiro atoms. The number of pyridine rings is 2. The molecule has 0 bridgehead atoms. The standard InChI is InChI=1S/C22H16ClF2N3O/c1-12-10-18(27-11-17(12)25)28-21(19-15(23)5-2-6-16(19)24)14-8-7-13-4-3-9-26-20(13)22(14)29/h2-11,21,29H,1H3,(H,27,28). The zero-order valence-electron chi connectivity index (χ0n) is 15.3. The molecule has 0 amide bonds. The van der Waals surface area contributed by atoms with E-state index in [0.717, 1.165) is 11.6 Å². The number of aromatic nitrogens is 2. The van der Waals surface area contributed by atoms with Gasteiger partial charge in [-0.2, -0.15) is 0 Å².